The van der Waals surface area contributed by atoms with E-state index >= 15 is 0 Å². The van der Waals surface area contributed by atoms with Crippen LogP contribution in [0.5, 0.6) is 0 Å². The van der Waals surface area contributed by atoms with Gasteiger partial charge in [0.25, 0.3) is 0 Å². The first kappa shape index (κ1) is 11.1. The van der Waals surface area contributed by atoms with Crippen molar-refractivity contribution >= 4 is 27.4 Å². The number of hydrogen-bond acceptors (Lipinski definition) is 2. The average Bonchev–Trinajstić information content (AvgIpc) is 2.63. The zero-order valence-corrected chi connectivity index (χ0v) is 9.77. The second kappa shape index (κ2) is 3.56. The van der Waals surface area contributed by atoms with Gasteiger partial charge in [-0.2, -0.15) is 0 Å². The number of carboxylic acids is 1. The van der Waals surface area contributed by atoms with Crippen LogP contribution in [-0.4, -0.2) is 11.1 Å². The first-order valence-corrected chi connectivity index (χ1v) is 5.66. The summed E-state index contributed by atoms with van der Waals surface area (Å²) < 4.78 is 14.2. The van der Waals surface area contributed by atoms with E-state index in [4.69, 9.17) is 5.11 Å². The third kappa shape index (κ3) is 1.59. The molecule has 0 atom stereocenters. The summed E-state index contributed by atoms with van der Waals surface area (Å²) in [4.78, 5) is 11.8. The van der Waals surface area contributed by atoms with E-state index in [1.165, 1.54) is 17.4 Å². The van der Waals surface area contributed by atoms with Crippen LogP contribution in [-0.2, 0) is 10.2 Å². The molecule has 0 saturated heterocycles. The van der Waals surface area contributed by atoms with Crippen LogP contribution in [0.1, 0.15) is 18.7 Å². The van der Waals surface area contributed by atoms with E-state index in [1.54, 1.807) is 32.0 Å². The Morgan fingerprint density at radius 3 is 2.69 bits per heavy atom. The molecular formula is C12H11FO2S. The van der Waals surface area contributed by atoms with Crippen molar-refractivity contribution < 1.29 is 14.3 Å². The van der Waals surface area contributed by atoms with Gasteiger partial charge >= 0.3 is 5.97 Å². The molecule has 0 fully saturated rings. The largest absolute Gasteiger partial charge is 0.481 e. The third-order valence-electron chi connectivity index (χ3n) is 2.66. The monoisotopic (exact) mass is 238 g/mol. The Balaban J connectivity index is 2.64. The number of benzene rings is 1. The van der Waals surface area contributed by atoms with Crippen molar-refractivity contribution in [3.8, 4) is 0 Å². The molecule has 0 radical (unpaired) electrons. The van der Waals surface area contributed by atoms with E-state index in [0.717, 1.165) is 4.70 Å². The van der Waals surface area contributed by atoms with Gasteiger partial charge in [0.05, 0.1) is 5.41 Å². The van der Waals surface area contributed by atoms with Gasteiger partial charge in [-0.15, -0.1) is 11.3 Å². The highest BCUT2D eigenvalue weighted by Crippen LogP contribution is 2.35. The van der Waals surface area contributed by atoms with Crippen LogP contribution in [0, 0.1) is 5.82 Å². The van der Waals surface area contributed by atoms with Crippen LogP contribution >= 0.6 is 11.3 Å². The first-order valence-electron chi connectivity index (χ1n) is 4.85. The van der Waals surface area contributed by atoms with Crippen molar-refractivity contribution in [3.63, 3.8) is 0 Å². The third-order valence-corrected chi connectivity index (χ3v) is 4.08. The van der Waals surface area contributed by atoms with Gasteiger partial charge in [0.2, 0.25) is 0 Å². The predicted octanol–water partition coefficient (Wildman–Crippen LogP) is 3.40. The molecule has 0 bridgehead atoms. The highest BCUT2D eigenvalue weighted by Gasteiger charge is 2.31. The number of hydrogen-bond donors (Lipinski definition) is 1. The van der Waals surface area contributed by atoms with Crippen molar-refractivity contribution in [2.45, 2.75) is 19.3 Å². The lowest BCUT2D eigenvalue weighted by Crippen LogP contribution is -2.27. The minimum absolute atomic E-state index is 0.304. The van der Waals surface area contributed by atoms with Gasteiger partial charge in [-0.3, -0.25) is 4.79 Å². The van der Waals surface area contributed by atoms with Crippen LogP contribution in [0.4, 0.5) is 4.39 Å². The van der Waals surface area contributed by atoms with Gasteiger partial charge in [0.15, 0.2) is 0 Å². The zero-order chi connectivity index (χ0) is 11.9. The maximum absolute atomic E-state index is 13.4. The van der Waals surface area contributed by atoms with Crippen LogP contribution in [0.3, 0.4) is 0 Å². The second-order valence-electron chi connectivity index (χ2n) is 4.19. The van der Waals surface area contributed by atoms with E-state index in [1.807, 2.05) is 0 Å². The summed E-state index contributed by atoms with van der Waals surface area (Å²) in [6.07, 6.45) is 0. The Morgan fingerprint density at radius 2 is 2.12 bits per heavy atom. The Kier molecular flexibility index (Phi) is 2.46. The predicted molar refractivity (Wildman–Crippen MR) is 62.4 cm³/mol. The summed E-state index contributed by atoms with van der Waals surface area (Å²) in [5, 5.41) is 9.60. The van der Waals surface area contributed by atoms with Crippen molar-refractivity contribution in [2.24, 2.45) is 0 Å². The van der Waals surface area contributed by atoms with Crippen molar-refractivity contribution in [1.82, 2.24) is 0 Å². The minimum Gasteiger partial charge on any atom is -0.481 e. The second-order valence-corrected chi connectivity index (χ2v) is 5.28. The first-order chi connectivity index (χ1) is 7.43. The highest BCUT2D eigenvalue weighted by atomic mass is 32.1. The average molecular weight is 238 g/mol. The van der Waals surface area contributed by atoms with Gasteiger partial charge in [0.1, 0.15) is 5.82 Å². The normalized spacial score (nSPS) is 11.9. The lowest BCUT2D eigenvalue weighted by molar-refractivity contribution is -0.142. The van der Waals surface area contributed by atoms with Crippen LogP contribution < -0.4 is 0 Å². The van der Waals surface area contributed by atoms with E-state index in [2.05, 4.69) is 0 Å². The molecular weight excluding hydrogens is 227 g/mol. The quantitative estimate of drug-likeness (QED) is 0.870. The maximum atomic E-state index is 13.4. The molecule has 0 amide bonds. The molecule has 0 aliphatic carbocycles. The summed E-state index contributed by atoms with van der Waals surface area (Å²) in [6, 6.07) is 6.44. The van der Waals surface area contributed by atoms with E-state index in [9.17, 15) is 9.18 Å². The molecule has 4 heteroatoms. The van der Waals surface area contributed by atoms with Gasteiger partial charge in [-0.1, -0.05) is 6.07 Å². The van der Waals surface area contributed by atoms with Crippen LogP contribution in [0.25, 0.3) is 10.1 Å². The highest BCUT2D eigenvalue weighted by molar-refractivity contribution is 7.19. The van der Waals surface area contributed by atoms with Gasteiger partial charge in [0, 0.05) is 15.0 Å². The van der Waals surface area contributed by atoms with E-state index in [-0.39, 0.29) is 5.82 Å². The molecule has 1 heterocycles. The molecule has 0 aliphatic rings. The van der Waals surface area contributed by atoms with Crippen molar-refractivity contribution in [1.29, 1.82) is 0 Å². The maximum Gasteiger partial charge on any atom is 0.314 e. The molecule has 0 saturated carbocycles. The Hall–Kier alpha value is -1.42. The molecule has 0 unspecified atom stereocenters. The molecule has 2 nitrogen and oxygen atoms in total. The molecule has 16 heavy (non-hydrogen) atoms. The number of halogens is 1. The molecule has 0 aliphatic heterocycles. The molecule has 84 valence electrons. The van der Waals surface area contributed by atoms with E-state index in [0.29, 0.717) is 10.3 Å². The number of aliphatic carboxylic acids is 1. The summed E-state index contributed by atoms with van der Waals surface area (Å²) in [6.45, 7) is 3.25. The molecule has 1 aromatic carbocycles. The zero-order valence-electron chi connectivity index (χ0n) is 8.95. The Morgan fingerprint density at radius 1 is 1.44 bits per heavy atom. The number of thiophene rings is 1. The number of carboxylic acid groups (broad SMARTS) is 1. The topological polar surface area (TPSA) is 37.3 Å². The fourth-order valence-electron chi connectivity index (χ4n) is 1.44. The molecule has 1 N–H and O–H groups in total. The lowest BCUT2D eigenvalue weighted by Gasteiger charge is -2.16. The van der Waals surface area contributed by atoms with Crippen LogP contribution in [0.15, 0.2) is 24.3 Å². The lowest BCUT2D eigenvalue weighted by atomic mass is 9.91. The van der Waals surface area contributed by atoms with Gasteiger partial charge in [-0.05, 0) is 32.0 Å². The number of carbonyl (C=O) groups is 1. The van der Waals surface area contributed by atoms with E-state index < -0.39 is 11.4 Å². The summed E-state index contributed by atoms with van der Waals surface area (Å²) in [5.74, 6) is -1.21. The van der Waals surface area contributed by atoms with Crippen LogP contribution in [0.2, 0.25) is 0 Å². The fourth-order valence-corrected chi connectivity index (χ4v) is 2.61. The fraction of sp³-hybridized carbons (Fsp3) is 0.250. The summed E-state index contributed by atoms with van der Waals surface area (Å²) >= 11 is 1.33. The standard InChI is InChI=1S/C12H11FO2S/c1-12(2,11(14)15)10-6-7-8(13)4-3-5-9(7)16-10/h3-6H,1-2H3,(H,14,15). The number of fused-ring (bicyclic) bond motifs is 1. The number of rotatable bonds is 2. The molecule has 0 spiro atoms. The van der Waals surface area contributed by atoms with Gasteiger partial charge < -0.3 is 5.11 Å². The van der Waals surface area contributed by atoms with Crippen molar-refractivity contribution in [2.75, 3.05) is 0 Å². The smallest absolute Gasteiger partial charge is 0.314 e. The Bertz CT molecular complexity index is 557. The SMILES string of the molecule is CC(C)(C(=O)O)c1cc2c(F)cccc2s1. The summed E-state index contributed by atoms with van der Waals surface area (Å²) in [7, 11) is 0. The minimum atomic E-state index is -0.976. The summed E-state index contributed by atoms with van der Waals surface area (Å²) in [5.41, 5.74) is -0.976. The molecule has 1 aromatic heterocycles. The Labute approximate surface area is 96.3 Å². The molecule has 2 aromatic rings. The van der Waals surface area contributed by atoms with Gasteiger partial charge in [-0.25, -0.2) is 4.39 Å². The van der Waals surface area contributed by atoms with Crippen molar-refractivity contribution in [3.05, 3.63) is 35.0 Å². The molecule has 2 rings (SSSR count).